The van der Waals surface area contributed by atoms with Crippen LogP contribution in [0, 0.1) is 0 Å². The minimum atomic E-state index is -1.42. The molecule has 1 atom stereocenters. The van der Waals surface area contributed by atoms with Gasteiger partial charge in [0.05, 0.1) is 11.3 Å². The standard InChI is InChI=1S/C18H20N2O4/c1-4-11-24-17(23)18-10-9-15(21)20(18)14-8-6-5-7-13(14)16(22)19(18)12(2)3/h4-8,12H,1,9-11H2,2-3H3/t18-/m0/s1. The van der Waals surface area contributed by atoms with E-state index in [1.165, 1.54) is 15.9 Å². The Bertz CT molecular complexity index is 727. The number of hydrogen-bond acceptors (Lipinski definition) is 4. The Labute approximate surface area is 140 Å². The van der Waals surface area contributed by atoms with Crippen molar-refractivity contribution in [3.8, 4) is 0 Å². The van der Waals surface area contributed by atoms with Gasteiger partial charge in [-0.2, -0.15) is 0 Å². The zero-order chi connectivity index (χ0) is 17.5. The Hall–Kier alpha value is -2.63. The molecule has 3 rings (SSSR count). The molecular formula is C18H20N2O4. The van der Waals surface area contributed by atoms with E-state index in [0.29, 0.717) is 11.3 Å². The fraction of sp³-hybridized carbons (Fsp3) is 0.389. The molecule has 1 saturated heterocycles. The van der Waals surface area contributed by atoms with Crippen molar-refractivity contribution >= 4 is 23.5 Å². The van der Waals surface area contributed by atoms with Gasteiger partial charge in [-0.25, -0.2) is 4.79 Å². The summed E-state index contributed by atoms with van der Waals surface area (Å²) in [7, 11) is 0. The maximum atomic E-state index is 13.1. The Morgan fingerprint density at radius 3 is 2.75 bits per heavy atom. The Balaban J connectivity index is 2.22. The van der Waals surface area contributed by atoms with Gasteiger partial charge in [-0.15, -0.1) is 0 Å². The quantitative estimate of drug-likeness (QED) is 0.627. The second-order valence-electron chi connectivity index (χ2n) is 6.22. The van der Waals surface area contributed by atoms with Crippen LogP contribution in [0.2, 0.25) is 0 Å². The molecule has 1 fully saturated rings. The molecular weight excluding hydrogens is 308 g/mol. The third-order valence-corrected chi connectivity index (χ3v) is 4.48. The van der Waals surface area contributed by atoms with Crippen molar-refractivity contribution in [1.29, 1.82) is 0 Å². The van der Waals surface area contributed by atoms with Crippen molar-refractivity contribution in [2.24, 2.45) is 0 Å². The molecule has 6 heteroatoms. The van der Waals surface area contributed by atoms with Gasteiger partial charge in [-0.1, -0.05) is 24.8 Å². The molecule has 0 unspecified atom stereocenters. The normalized spacial score (nSPS) is 22.5. The van der Waals surface area contributed by atoms with E-state index in [1.54, 1.807) is 24.3 Å². The molecule has 0 spiro atoms. The van der Waals surface area contributed by atoms with Gasteiger partial charge in [0.15, 0.2) is 0 Å². The molecule has 2 aliphatic rings. The first-order chi connectivity index (χ1) is 11.4. The average Bonchev–Trinajstić information content (AvgIpc) is 2.91. The van der Waals surface area contributed by atoms with Gasteiger partial charge >= 0.3 is 5.97 Å². The predicted molar refractivity (Wildman–Crippen MR) is 88.4 cm³/mol. The summed E-state index contributed by atoms with van der Waals surface area (Å²) < 4.78 is 5.28. The van der Waals surface area contributed by atoms with Crippen LogP contribution in [0.25, 0.3) is 0 Å². The molecule has 24 heavy (non-hydrogen) atoms. The van der Waals surface area contributed by atoms with Gasteiger partial charge in [0, 0.05) is 18.9 Å². The van der Waals surface area contributed by atoms with E-state index in [1.807, 2.05) is 13.8 Å². The summed E-state index contributed by atoms with van der Waals surface area (Å²) in [6.07, 6.45) is 1.88. The fourth-order valence-electron chi connectivity index (χ4n) is 3.62. The third kappa shape index (κ3) is 2.06. The maximum Gasteiger partial charge on any atom is 0.354 e. The number of ether oxygens (including phenoxy) is 1. The van der Waals surface area contributed by atoms with Gasteiger partial charge in [-0.3, -0.25) is 14.5 Å². The van der Waals surface area contributed by atoms with E-state index >= 15 is 0 Å². The van der Waals surface area contributed by atoms with Crippen LogP contribution in [-0.2, 0) is 14.3 Å². The molecule has 0 N–H and O–H groups in total. The Morgan fingerprint density at radius 2 is 2.08 bits per heavy atom. The molecule has 2 amide bonds. The second-order valence-corrected chi connectivity index (χ2v) is 6.22. The molecule has 1 aromatic carbocycles. The number of hydrogen-bond donors (Lipinski definition) is 0. The van der Waals surface area contributed by atoms with E-state index in [0.717, 1.165) is 0 Å². The number of rotatable bonds is 4. The molecule has 2 aliphatic heterocycles. The summed E-state index contributed by atoms with van der Waals surface area (Å²) in [4.78, 5) is 41.5. The zero-order valence-electron chi connectivity index (χ0n) is 13.8. The molecule has 2 heterocycles. The summed E-state index contributed by atoms with van der Waals surface area (Å²) in [5.41, 5.74) is -0.522. The van der Waals surface area contributed by atoms with Crippen LogP contribution >= 0.6 is 0 Å². The van der Waals surface area contributed by atoms with Crippen LogP contribution < -0.4 is 4.90 Å². The molecule has 6 nitrogen and oxygen atoms in total. The topological polar surface area (TPSA) is 66.9 Å². The number of carbonyl (C=O) groups is 3. The molecule has 0 aliphatic carbocycles. The van der Waals surface area contributed by atoms with E-state index in [2.05, 4.69) is 6.58 Å². The lowest BCUT2D eigenvalue weighted by Gasteiger charge is -2.50. The molecule has 0 bridgehead atoms. The SMILES string of the molecule is C=CCOC(=O)[C@]12CCC(=O)N1c1ccccc1C(=O)N2C(C)C. The first kappa shape index (κ1) is 16.2. The van der Waals surface area contributed by atoms with E-state index in [4.69, 9.17) is 4.74 Å². The van der Waals surface area contributed by atoms with Crippen LogP contribution in [0.3, 0.4) is 0 Å². The summed E-state index contributed by atoms with van der Waals surface area (Å²) in [6.45, 7) is 7.23. The Kier molecular flexibility index (Phi) is 3.91. The number of anilines is 1. The minimum absolute atomic E-state index is 0.0321. The van der Waals surface area contributed by atoms with Gasteiger partial charge in [0.25, 0.3) is 5.91 Å². The van der Waals surface area contributed by atoms with Crippen LogP contribution in [0.4, 0.5) is 5.69 Å². The van der Waals surface area contributed by atoms with Gasteiger partial charge in [0.1, 0.15) is 6.61 Å². The van der Waals surface area contributed by atoms with Crippen LogP contribution in [0.5, 0.6) is 0 Å². The van der Waals surface area contributed by atoms with Gasteiger partial charge < -0.3 is 9.64 Å². The maximum absolute atomic E-state index is 13.1. The number of amides is 2. The van der Waals surface area contributed by atoms with Gasteiger partial charge in [-0.05, 0) is 26.0 Å². The molecule has 0 radical (unpaired) electrons. The monoisotopic (exact) mass is 328 g/mol. The highest BCUT2D eigenvalue weighted by Crippen LogP contribution is 2.45. The van der Waals surface area contributed by atoms with Crippen molar-refractivity contribution in [2.45, 2.75) is 38.4 Å². The lowest BCUT2D eigenvalue weighted by Crippen LogP contribution is -2.70. The number of carbonyl (C=O) groups excluding carboxylic acids is 3. The smallest absolute Gasteiger partial charge is 0.354 e. The number of benzene rings is 1. The van der Waals surface area contributed by atoms with Crippen LogP contribution in [-0.4, -0.2) is 41.0 Å². The van der Waals surface area contributed by atoms with E-state index in [9.17, 15) is 14.4 Å². The first-order valence-corrected chi connectivity index (χ1v) is 7.99. The number of esters is 1. The molecule has 0 saturated carbocycles. The van der Waals surface area contributed by atoms with Crippen molar-refractivity contribution in [3.05, 3.63) is 42.5 Å². The summed E-state index contributed by atoms with van der Waals surface area (Å²) in [5.74, 6) is -1.04. The average molecular weight is 328 g/mol. The van der Waals surface area contributed by atoms with E-state index < -0.39 is 11.6 Å². The van der Waals surface area contributed by atoms with Crippen LogP contribution in [0.1, 0.15) is 37.0 Å². The second kappa shape index (κ2) is 5.78. The van der Waals surface area contributed by atoms with Crippen molar-refractivity contribution in [1.82, 2.24) is 4.90 Å². The number of para-hydroxylation sites is 1. The highest BCUT2D eigenvalue weighted by molar-refractivity contribution is 6.15. The lowest BCUT2D eigenvalue weighted by molar-refractivity contribution is -0.157. The third-order valence-electron chi connectivity index (χ3n) is 4.48. The summed E-state index contributed by atoms with van der Waals surface area (Å²) in [5, 5.41) is 0. The highest BCUT2D eigenvalue weighted by Gasteiger charge is 2.62. The molecule has 0 aromatic heterocycles. The highest BCUT2D eigenvalue weighted by atomic mass is 16.5. The van der Waals surface area contributed by atoms with E-state index in [-0.39, 0.29) is 37.3 Å². The van der Waals surface area contributed by atoms with Gasteiger partial charge in [0.2, 0.25) is 11.6 Å². The molecule has 1 aromatic rings. The lowest BCUT2D eigenvalue weighted by atomic mass is 9.95. The summed E-state index contributed by atoms with van der Waals surface area (Å²) in [6, 6.07) is 6.61. The minimum Gasteiger partial charge on any atom is -0.458 e. The first-order valence-electron chi connectivity index (χ1n) is 7.99. The van der Waals surface area contributed by atoms with Crippen molar-refractivity contribution in [3.63, 3.8) is 0 Å². The van der Waals surface area contributed by atoms with Crippen molar-refractivity contribution < 1.29 is 19.1 Å². The Morgan fingerprint density at radius 1 is 1.38 bits per heavy atom. The van der Waals surface area contributed by atoms with Crippen molar-refractivity contribution in [2.75, 3.05) is 11.5 Å². The largest absolute Gasteiger partial charge is 0.458 e. The van der Waals surface area contributed by atoms with Crippen LogP contribution in [0.15, 0.2) is 36.9 Å². The summed E-state index contributed by atoms with van der Waals surface area (Å²) >= 11 is 0. The number of fused-ring (bicyclic) bond motifs is 3. The number of nitrogens with zero attached hydrogens (tertiary/aromatic N) is 2. The fourth-order valence-corrected chi connectivity index (χ4v) is 3.62. The zero-order valence-corrected chi connectivity index (χ0v) is 13.8. The molecule has 126 valence electrons. The predicted octanol–water partition coefficient (Wildman–Crippen LogP) is 2.10.